The van der Waals surface area contributed by atoms with Gasteiger partial charge in [0.2, 0.25) is 0 Å². The predicted molar refractivity (Wildman–Crippen MR) is 63.7 cm³/mol. The molecule has 1 saturated carbocycles. The molecule has 0 amide bonds. The van der Waals surface area contributed by atoms with Gasteiger partial charge in [-0.1, -0.05) is 19.1 Å². The Balaban J connectivity index is 1.88. The summed E-state index contributed by atoms with van der Waals surface area (Å²) in [6.07, 6.45) is 6.85. The minimum atomic E-state index is -0.319. The van der Waals surface area contributed by atoms with Gasteiger partial charge in [0, 0.05) is 12.5 Å². The molecule has 1 heterocycles. The molecule has 1 aliphatic heterocycles. The molecule has 1 spiro atoms. The van der Waals surface area contributed by atoms with Crippen molar-refractivity contribution in [2.45, 2.75) is 44.0 Å². The number of ether oxygens (including phenoxy) is 2. The van der Waals surface area contributed by atoms with Crippen molar-refractivity contribution in [3.8, 4) is 0 Å². The average molecular weight is 242 g/mol. The van der Waals surface area contributed by atoms with Crippen molar-refractivity contribution in [1.29, 1.82) is 0 Å². The standard InChI is InChI=1S/C13H22O4/c1-10(7-14)9-16-12-4-6-13(12)5-2-3-11(8-15)17-13/h2,5,10-12,14-15H,3-4,6-9H2,1H3/t10?,11?,12-,13?/m0/s1. The summed E-state index contributed by atoms with van der Waals surface area (Å²) < 4.78 is 11.7. The normalized spacial score (nSPS) is 38.1. The maximum Gasteiger partial charge on any atom is 0.113 e. The highest BCUT2D eigenvalue weighted by atomic mass is 16.6. The monoisotopic (exact) mass is 242 g/mol. The van der Waals surface area contributed by atoms with Gasteiger partial charge < -0.3 is 19.7 Å². The molecule has 4 nitrogen and oxygen atoms in total. The van der Waals surface area contributed by atoms with Crippen molar-refractivity contribution in [3.05, 3.63) is 12.2 Å². The lowest BCUT2D eigenvalue weighted by atomic mass is 9.75. The predicted octanol–water partition coefficient (Wildman–Crippen LogP) is 0.870. The van der Waals surface area contributed by atoms with Gasteiger partial charge >= 0.3 is 0 Å². The molecule has 1 aliphatic carbocycles. The molecule has 17 heavy (non-hydrogen) atoms. The lowest BCUT2D eigenvalue weighted by Crippen LogP contribution is -2.57. The first kappa shape index (κ1) is 13.0. The van der Waals surface area contributed by atoms with E-state index in [0.717, 1.165) is 19.3 Å². The minimum absolute atomic E-state index is 0.0614. The Labute approximate surface area is 102 Å². The Hall–Kier alpha value is -0.420. The van der Waals surface area contributed by atoms with Gasteiger partial charge in [-0.05, 0) is 19.3 Å². The van der Waals surface area contributed by atoms with Crippen LogP contribution in [0.2, 0.25) is 0 Å². The SMILES string of the molecule is CC(CO)CO[C@H]1CCC12C=CCC(CO)O2. The highest BCUT2D eigenvalue weighted by Gasteiger charge is 2.49. The van der Waals surface area contributed by atoms with Crippen molar-refractivity contribution >= 4 is 0 Å². The quantitative estimate of drug-likeness (QED) is 0.702. The molecule has 0 aromatic rings. The Bertz CT molecular complexity index is 279. The zero-order valence-corrected chi connectivity index (χ0v) is 10.3. The van der Waals surface area contributed by atoms with Gasteiger partial charge in [0.15, 0.2) is 0 Å². The smallest absolute Gasteiger partial charge is 0.113 e. The topological polar surface area (TPSA) is 58.9 Å². The average Bonchev–Trinajstić information content (AvgIpc) is 2.37. The van der Waals surface area contributed by atoms with Crippen molar-refractivity contribution in [1.82, 2.24) is 0 Å². The fraction of sp³-hybridized carbons (Fsp3) is 0.846. The molecule has 0 aromatic carbocycles. The van der Waals surface area contributed by atoms with Gasteiger partial charge in [-0.15, -0.1) is 0 Å². The fourth-order valence-corrected chi connectivity index (χ4v) is 2.36. The second-order valence-electron chi connectivity index (χ2n) is 5.16. The molecule has 1 fully saturated rings. The van der Waals surface area contributed by atoms with Crippen LogP contribution >= 0.6 is 0 Å². The Kier molecular flexibility index (Phi) is 4.20. The third-order valence-electron chi connectivity index (χ3n) is 3.62. The lowest BCUT2D eigenvalue weighted by Gasteiger charge is -2.50. The molecule has 2 rings (SSSR count). The Morgan fingerprint density at radius 1 is 1.53 bits per heavy atom. The third kappa shape index (κ3) is 2.71. The van der Waals surface area contributed by atoms with Crippen LogP contribution < -0.4 is 0 Å². The van der Waals surface area contributed by atoms with Crippen LogP contribution in [0.25, 0.3) is 0 Å². The van der Waals surface area contributed by atoms with Gasteiger partial charge in [-0.2, -0.15) is 0 Å². The maximum absolute atomic E-state index is 9.15. The summed E-state index contributed by atoms with van der Waals surface area (Å²) in [5, 5.41) is 18.1. The van der Waals surface area contributed by atoms with Crippen LogP contribution in [0.3, 0.4) is 0 Å². The van der Waals surface area contributed by atoms with E-state index >= 15 is 0 Å². The summed E-state index contributed by atoms with van der Waals surface area (Å²) in [5.41, 5.74) is -0.319. The molecule has 4 heteroatoms. The van der Waals surface area contributed by atoms with Crippen molar-refractivity contribution in [2.75, 3.05) is 19.8 Å². The zero-order valence-electron chi connectivity index (χ0n) is 10.3. The highest BCUT2D eigenvalue weighted by Crippen LogP contribution is 2.43. The molecule has 98 valence electrons. The zero-order chi connectivity index (χ0) is 12.3. The molecule has 2 aliphatic rings. The molecule has 3 unspecified atom stereocenters. The molecule has 2 N–H and O–H groups in total. The van der Waals surface area contributed by atoms with Gasteiger partial charge in [0.1, 0.15) is 5.60 Å². The van der Waals surface area contributed by atoms with Crippen molar-refractivity contribution < 1.29 is 19.7 Å². The first-order valence-electron chi connectivity index (χ1n) is 6.39. The van der Waals surface area contributed by atoms with Crippen LogP contribution in [0.15, 0.2) is 12.2 Å². The van der Waals surface area contributed by atoms with Crippen molar-refractivity contribution in [2.24, 2.45) is 5.92 Å². The molecule has 0 radical (unpaired) electrons. The molecule has 4 atom stereocenters. The van der Waals surface area contributed by atoms with E-state index in [0.29, 0.717) is 6.61 Å². The lowest BCUT2D eigenvalue weighted by molar-refractivity contribution is -0.211. The van der Waals surface area contributed by atoms with Gasteiger partial charge in [0.05, 0.1) is 25.4 Å². The van der Waals surface area contributed by atoms with E-state index in [2.05, 4.69) is 12.2 Å². The molecule has 0 saturated heterocycles. The highest BCUT2D eigenvalue weighted by molar-refractivity contribution is 5.16. The number of aliphatic hydroxyl groups excluding tert-OH is 2. The molecular formula is C13H22O4. The van der Waals surface area contributed by atoms with Gasteiger partial charge in [0.25, 0.3) is 0 Å². The number of hydrogen-bond donors (Lipinski definition) is 2. The van der Waals surface area contributed by atoms with Crippen LogP contribution in [-0.2, 0) is 9.47 Å². The van der Waals surface area contributed by atoms with E-state index in [-0.39, 0.29) is 36.9 Å². The summed E-state index contributed by atoms with van der Waals surface area (Å²) in [5.74, 6) is 0.161. The van der Waals surface area contributed by atoms with E-state index in [9.17, 15) is 0 Å². The molecular weight excluding hydrogens is 220 g/mol. The number of aliphatic hydroxyl groups is 2. The first-order valence-corrected chi connectivity index (χ1v) is 6.39. The van der Waals surface area contributed by atoms with E-state index in [1.165, 1.54) is 0 Å². The Morgan fingerprint density at radius 3 is 2.94 bits per heavy atom. The van der Waals surface area contributed by atoms with Gasteiger partial charge in [-0.3, -0.25) is 0 Å². The molecule has 0 aromatic heterocycles. The van der Waals surface area contributed by atoms with Crippen molar-refractivity contribution in [3.63, 3.8) is 0 Å². The summed E-state index contributed by atoms with van der Waals surface area (Å²) in [6.45, 7) is 2.73. The number of rotatable bonds is 5. The van der Waals surface area contributed by atoms with Gasteiger partial charge in [-0.25, -0.2) is 0 Å². The summed E-state index contributed by atoms with van der Waals surface area (Å²) >= 11 is 0. The maximum atomic E-state index is 9.15. The van der Waals surface area contributed by atoms with E-state index in [4.69, 9.17) is 19.7 Å². The largest absolute Gasteiger partial charge is 0.396 e. The second kappa shape index (κ2) is 5.48. The van der Waals surface area contributed by atoms with E-state index in [1.54, 1.807) is 0 Å². The Morgan fingerprint density at radius 2 is 2.35 bits per heavy atom. The van der Waals surface area contributed by atoms with Crippen LogP contribution in [-0.4, -0.2) is 47.8 Å². The van der Waals surface area contributed by atoms with E-state index in [1.807, 2.05) is 6.92 Å². The summed E-state index contributed by atoms with van der Waals surface area (Å²) in [7, 11) is 0. The van der Waals surface area contributed by atoms with Crippen LogP contribution in [0.4, 0.5) is 0 Å². The first-order chi connectivity index (χ1) is 8.20. The minimum Gasteiger partial charge on any atom is -0.396 e. The van der Waals surface area contributed by atoms with Crippen LogP contribution in [0.1, 0.15) is 26.2 Å². The summed E-state index contributed by atoms with van der Waals surface area (Å²) in [6, 6.07) is 0. The second-order valence-corrected chi connectivity index (χ2v) is 5.16. The molecule has 0 bridgehead atoms. The third-order valence-corrected chi connectivity index (χ3v) is 3.62. The van der Waals surface area contributed by atoms with E-state index < -0.39 is 0 Å². The number of hydrogen-bond acceptors (Lipinski definition) is 4. The summed E-state index contributed by atoms with van der Waals surface area (Å²) in [4.78, 5) is 0. The van der Waals surface area contributed by atoms with Crippen LogP contribution in [0, 0.1) is 5.92 Å². The van der Waals surface area contributed by atoms with Crippen LogP contribution in [0.5, 0.6) is 0 Å². The fourth-order valence-electron chi connectivity index (χ4n) is 2.36.